The minimum absolute atomic E-state index is 0.300. The predicted molar refractivity (Wildman–Crippen MR) is 127 cm³/mol. The van der Waals surface area contributed by atoms with Crippen LogP contribution in [0.5, 0.6) is 5.75 Å². The summed E-state index contributed by atoms with van der Waals surface area (Å²) in [7, 11) is 0. The van der Waals surface area contributed by atoms with Gasteiger partial charge < -0.3 is 14.3 Å². The van der Waals surface area contributed by atoms with Crippen molar-refractivity contribution in [1.29, 1.82) is 0 Å². The van der Waals surface area contributed by atoms with Crippen LogP contribution in [0.1, 0.15) is 37.2 Å². The number of nitrogens with zero attached hydrogens (tertiary/aromatic N) is 1. The van der Waals surface area contributed by atoms with Crippen molar-refractivity contribution in [3.63, 3.8) is 0 Å². The van der Waals surface area contributed by atoms with E-state index in [0.29, 0.717) is 31.2 Å². The molecule has 4 aromatic rings. The topological polar surface area (TPSA) is 45.8 Å². The predicted octanol–water partition coefficient (Wildman–Crippen LogP) is 5.74. The second-order valence-corrected chi connectivity index (χ2v) is 9.41. The van der Waals surface area contributed by atoms with Gasteiger partial charge in [-0.2, -0.15) is 0 Å². The van der Waals surface area contributed by atoms with Crippen LogP contribution in [0.3, 0.4) is 0 Å². The lowest BCUT2D eigenvalue weighted by Gasteiger charge is -2.40. The molecule has 0 radical (unpaired) electrons. The van der Waals surface area contributed by atoms with Gasteiger partial charge in [-0.1, -0.05) is 48.5 Å². The molecule has 2 saturated heterocycles. The van der Waals surface area contributed by atoms with E-state index in [1.807, 2.05) is 24.3 Å². The summed E-state index contributed by atoms with van der Waals surface area (Å²) < 4.78 is 11.4. The van der Waals surface area contributed by atoms with Gasteiger partial charge in [-0.25, -0.2) is 0 Å². The molecule has 0 amide bonds. The molecule has 2 bridgehead atoms. The summed E-state index contributed by atoms with van der Waals surface area (Å²) in [5.74, 6) is 1.38. The van der Waals surface area contributed by atoms with Gasteiger partial charge in [0.15, 0.2) is 0 Å². The third-order valence-electron chi connectivity index (χ3n) is 7.44. The zero-order chi connectivity index (χ0) is 21.5. The number of aliphatic hydroxyl groups excluding tert-OH is 1. The normalized spacial score (nSPS) is 24.2. The second kappa shape index (κ2) is 8.27. The first-order valence-electron chi connectivity index (χ1n) is 11.8. The van der Waals surface area contributed by atoms with E-state index in [9.17, 15) is 5.11 Å². The Kier molecular flexibility index (Phi) is 5.12. The molecule has 0 aliphatic carbocycles. The molecule has 3 atom stereocenters. The second-order valence-electron chi connectivity index (χ2n) is 9.41. The van der Waals surface area contributed by atoms with Gasteiger partial charge in [0.1, 0.15) is 24.0 Å². The number of benzene rings is 3. The van der Waals surface area contributed by atoms with Gasteiger partial charge in [-0.15, -0.1) is 0 Å². The average molecular weight is 428 g/mol. The molecular formula is C28H29NO3. The fourth-order valence-electron chi connectivity index (χ4n) is 5.88. The zero-order valence-corrected chi connectivity index (χ0v) is 18.2. The number of furan rings is 1. The largest absolute Gasteiger partial charge is 0.490 e. The van der Waals surface area contributed by atoms with Crippen molar-refractivity contribution >= 4 is 21.7 Å². The van der Waals surface area contributed by atoms with Crippen LogP contribution in [0.15, 0.2) is 77.4 Å². The van der Waals surface area contributed by atoms with Crippen LogP contribution in [0.4, 0.5) is 0 Å². The molecule has 6 rings (SSSR count). The first-order chi connectivity index (χ1) is 15.7. The van der Waals surface area contributed by atoms with E-state index in [0.717, 1.165) is 16.7 Å². The van der Waals surface area contributed by atoms with E-state index in [4.69, 9.17) is 9.15 Å². The van der Waals surface area contributed by atoms with Crippen LogP contribution in [-0.2, 0) is 0 Å². The SMILES string of the molecule is OC(COc1cccc2occc12)CN1C2CCC1CC(c1ccc3ccccc3c1)C2. The van der Waals surface area contributed by atoms with Crippen molar-refractivity contribution in [3.8, 4) is 5.75 Å². The minimum Gasteiger partial charge on any atom is -0.490 e. The van der Waals surface area contributed by atoms with Crippen LogP contribution in [-0.4, -0.2) is 41.3 Å². The number of hydrogen-bond acceptors (Lipinski definition) is 4. The number of piperidine rings is 1. The van der Waals surface area contributed by atoms with E-state index in [1.165, 1.54) is 42.0 Å². The molecule has 164 valence electrons. The third kappa shape index (κ3) is 3.68. The lowest BCUT2D eigenvalue weighted by molar-refractivity contribution is 0.0321. The molecule has 0 saturated carbocycles. The van der Waals surface area contributed by atoms with Crippen molar-refractivity contribution in [2.75, 3.05) is 13.2 Å². The first-order valence-corrected chi connectivity index (χ1v) is 11.8. The van der Waals surface area contributed by atoms with Gasteiger partial charge in [-0.05, 0) is 66.1 Å². The standard InChI is InChI=1S/C28H29NO3/c30-25(18-32-28-7-3-6-27-26(28)12-13-31-27)17-29-23-10-11-24(29)16-22(15-23)21-9-8-19-4-1-2-5-20(19)14-21/h1-9,12-14,22-25,30H,10-11,15-18H2. The van der Waals surface area contributed by atoms with E-state index >= 15 is 0 Å². The smallest absolute Gasteiger partial charge is 0.137 e. The van der Waals surface area contributed by atoms with E-state index in [-0.39, 0.29) is 0 Å². The fourth-order valence-corrected chi connectivity index (χ4v) is 5.88. The molecule has 2 aliphatic rings. The van der Waals surface area contributed by atoms with Crippen LogP contribution in [0, 0.1) is 0 Å². The molecular weight excluding hydrogens is 398 g/mol. The maximum absolute atomic E-state index is 10.8. The lowest BCUT2D eigenvalue weighted by atomic mass is 9.84. The van der Waals surface area contributed by atoms with E-state index < -0.39 is 6.10 Å². The monoisotopic (exact) mass is 427 g/mol. The summed E-state index contributed by atoms with van der Waals surface area (Å²) in [6.45, 7) is 0.982. The molecule has 2 fully saturated rings. The molecule has 1 N–H and O–H groups in total. The van der Waals surface area contributed by atoms with Gasteiger partial charge in [0, 0.05) is 18.6 Å². The Bertz CT molecular complexity index is 1220. The summed E-state index contributed by atoms with van der Waals surface area (Å²) in [4.78, 5) is 2.55. The number of ether oxygens (including phenoxy) is 1. The van der Waals surface area contributed by atoms with E-state index in [1.54, 1.807) is 6.26 Å². The molecule has 32 heavy (non-hydrogen) atoms. The Morgan fingerprint density at radius 3 is 2.59 bits per heavy atom. The molecule has 4 heteroatoms. The van der Waals surface area contributed by atoms with Crippen molar-refractivity contribution < 1.29 is 14.3 Å². The highest BCUT2D eigenvalue weighted by Gasteiger charge is 2.41. The Morgan fingerprint density at radius 2 is 1.75 bits per heavy atom. The summed E-state index contributed by atoms with van der Waals surface area (Å²) >= 11 is 0. The molecule has 1 aromatic heterocycles. The Morgan fingerprint density at radius 1 is 0.938 bits per heavy atom. The van der Waals surface area contributed by atoms with Crippen molar-refractivity contribution in [3.05, 3.63) is 78.6 Å². The van der Waals surface area contributed by atoms with Crippen molar-refractivity contribution in [1.82, 2.24) is 4.90 Å². The third-order valence-corrected chi connectivity index (χ3v) is 7.44. The highest BCUT2D eigenvalue weighted by atomic mass is 16.5. The van der Waals surface area contributed by atoms with Gasteiger partial charge in [0.05, 0.1) is 11.6 Å². The molecule has 4 nitrogen and oxygen atoms in total. The van der Waals surface area contributed by atoms with Gasteiger partial charge in [-0.3, -0.25) is 4.90 Å². The summed E-state index contributed by atoms with van der Waals surface area (Å²) in [5, 5.41) is 14.4. The molecule has 3 aromatic carbocycles. The number of rotatable bonds is 6. The van der Waals surface area contributed by atoms with Crippen LogP contribution in [0.2, 0.25) is 0 Å². The number of aliphatic hydroxyl groups is 1. The molecule has 0 spiro atoms. The van der Waals surface area contributed by atoms with E-state index in [2.05, 4.69) is 47.4 Å². The van der Waals surface area contributed by atoms with Crippen molar-refractivity contribution in [2.24, 2.45) is 0 Å². The Balaban J connectivity index is 1.10. The highest BCUT2D eigenvalue weighted by molar-refractivity contribution is 5.84. The minimum atomic E-state index is -0.502. The lowest BCUT2D eigenvalue weighted by Crippen LogP contribution is -2.47. The summed E-state index contributed by atoms with van der Waals surface area (Å²) in [6.07, 6.45) is 5.99. The Labute approximate surface area is 188 Å². The van der Waals surface area contributed by atoms with Gasteiger partial charge in [0.2, 0.25) is 0 Å². The number of hydrogen-bond donors (Lipinski definition) is 1. The van der Waals surface area contributed by atoms with Crippen LogP contribution >= 0.6 is 0 Å². The van der Waals surface area contributed by atoms with Crippen LogP contribution < -0.4 is 4.74 Å². The molecule has 3 heterocycles. The highest BCUT2D eigenvalue weighted by Crippen LogP contribution is 2.43. The Hall–Kier alpha value is -2.82. The maximum Gasteiger partial charge on any atom is 0.137 e. The fraction of sp³-hybridized carbons (Fsp3) is 0.357. The summed E-state index contributed by atoms with van der Waals surface area (Å²) in [6, 6.07) is 24.4. The zero-order valence-electron chi connectivity index (χ0n) is 18.2. The first kappa shape index (κ1) is 19.8. The molecule has 2 aliphatic heterocycles. The van der Waals surface area contributed by atoms with Gasteiger partial charge >= 0.3 is 0 Å². The maximum atomic E-state index is 10.8. The average Bonchev–Trinajstić information content (AvgIpc) is 3.38. The number of fused-ring (bicyclic) bond motifs is 4. The van der Waals surface area contributed by atoms with Crippen LogP contribution in [0.25, 0.3) is 21.7 Å². The quantitative estimate of drug-likeness (QED) is 0.426. The molecule has 3 unspecified atom stereocenters. The summed E-state index contributed by atoms with van der Waals surface area (Å²) in [5.41, 5.74) is 2.28. The van der Waals surface area contributed by atoms with Gasteiger partial charge in [0.25, 0.3) is 0 Å². The van der Waals surface area contributed by atoms with Crippen molar-refractivity contribution in [2.45, 2.75) is 49.8 Å².